The summed E-state index contributed by atoms with van der Waals surface area (Å²) in [6.45, 7) is 1.17. The molecule has 0 spiro atoms. The summed E-state index contributed by atoms with van der Waals surface area (Å²) >= 11 is 0. The molecule has 1 saturated heterocycles. The number of aromatic amines is 1. The molecule has 1 amide bonds. The standard InChI is InChI=1S/C15H16N6O2/c22-15(16-7-10-3-2-6-23-10)11-4-1-5-21(11)14-12-13(18-8-17-12)19-9-20-14/h2-3,6,8-9,11H,1,4-5,7H2,(H,16,22)(H,17,18,19,20)/t11-/m1/s1. The number of imidazole rings is 1. The maximum atomic E-state index is 12.5. The van der Waals surface area contributed by atoms with E-state index >= 15 is 0 Å². The topological polar surface area (TPSA) is 99.9 Å². The molecule has 0 saturated carbocycles. The molecule has 0 bridgehead atoms. The quantitative estimate of drug-likeness (QED) is 0.751. The number of aromatic nitrogens is 4. The second-order valence-electron chi connectivity index (χ2n) is 5.45. The third kappa shape index (κ3) is 2.52. The van der Waals surface area contributed by atoms with Gasteiger partial charge in [-0.2, -0.15) is 0 Å². The van der Waals surface area contributed by atoms with Crippen molar-refractivity contribution in [2.75, 3.05) is 11.4 Å². The molecule has 1 aliphatic heterocycles. The number of fused-ring (bicyclic) bond motifs is 1. The molecule has 0 aliphatic carbocycles. The van der Waals surface area contributed by atoms with E-state index in [2.05, 4.69) is 25.3 Å². The molecule has 8 heteroatoms. The fourth-order valence-corrected chi connectivity index (χ4v) is 2.97. The number of H-pyrrole nitrogens is 1. The van der Waals surface area contributed by atoms with Gasteiger partial charge in [-0.3, -0.25) is 4.79 Å². The van der Waals surface area contributed by atoms with Crippen LogP contribution in [0, 0.1) is 0 Å². The minimum absolute atomic E-state index is 0.0230. The van der Waals surface area contributed by atoms with E-state index in [0.717, 1.165) is 36.5 Å². The lowest BCUT2D eigenvalue weighted by Crippen LogP contribution is -2.43. The number of carbonyl (C=O) groups is 1. The van der Waals surface area contributed by atoms with E-state index in [1.165, 1.54) is 6.33 Å². The van der Waals surface area contributed by atoms with Gasteiger partial charge in [0.15, 0.2) is 11.5 Å². The van der Waals surface area contributed by atoms with Gasteiger partial charge in [0.05, 0.1) is 19.1 Å². The average Bonchev–Trinajstić information content (AvgIpc) is 3.32. The Bertz CT molecular complexity index is 812. The van der Waals surface area contributed by atoms with Gasteiger partial charge < -0.3 is 19.6 Å². The molecule has 1 fully saturated rings. The molecule has 3 aromatic rings. The fraction of sp³-hybridized carbons (Fsp3) is 0.333. The lowest BCUT2D eigenvalue weighted by Gasteiger charge is -2.24. The molecule has 0 radical (unpaired) electrons. The van der Waals surface area contributed by atoms with Crippen LogP contribution in [0.1, 0.15) is 18.6 Å². The van der Waals surface area contributed by atoms with Crippen LogP contribution in [0.2, 0.25) is 0 Å². The highest BCUT2D eigenvalue weighted by atomic mass is 16.3. The molecule has 4 heterocycles. The first-order chi connectivity index (χ1) is 11.3. The largest absolute Gasteiger partial charge is 0.467 e. The van der Waals surface area contributed by atoms with Gasteiger partial charge in [-0.15, -0.1) is 0 Å². The van der Waals surface area contributed by atoms with Crippen molar-refractivity contribution in [3.05, 3.63) is 36.8 Å². The number of furan rings is 1. The number of rotatable bonds is 4. The zero-order valence-electron chi connectivity index (χ0n) is 12.4. The number of nitrogens with zero attached hydrogens (tertiary/aromatic N) is 4. The van der Waals surface area contributed by atoms with Crippen LogP contribution in [0.25, 0.3) is 11.2 Å². The Morgan fingerprint density at radius 1 is 1.43 bits per heavy atom. The predicted octanol–water partition coefficient (Wildman–Crippen LogP) is 1.23. The Hall–Kier alpha value is -2.90. The van der Waals surface area contributed by atoms with Crippen LogP contribution in [-0.2, 0) is 11.3 Å². The van der Waals surface area contributed by atoms with Crippen molar-refractivity contribution in [3.63, 3.8) is 0 Å². The summed E-state index contributed by atoms with van der Waals surface area (Å²) in [6, 6.07) is 3.40. The van der Waals surface area contributed by atoms with Crippen LogP contribution in [0.15, 0.2) is 35.5 Å². The Labute approximate surface area is 131 Å². The minimum Gasteiger partial charge on any atom is -0.467 e. The molecule has 0 unspecified atom stereocenters. The van der Waals surface area contributed by atoms with E-state index in [0.29, 0.717) is 12.2 Å². The summed E-state index contributed by atoms with van der Waals surface area (Å²) in [7, 11) is 0. The highest BCUT2D eigenvalue weighted by Gasteiger charge is 2.33. The minimum atomic E-state index is -0.244. The highest BCUT2D eigenvalue weighted by molar-refractivity contribution is 5.90. The Morgan fingerprint density at radius 2 is 2.39 bits per heavy atom. The van der Waals surface area contributed by atoms with Crippen LogP contribution in [0.3, 0.4) is 0 Å². The third-order valence-electron chi connectivity index (χ3n) is 4.05. The second-order valence-corrected chi connectivity index (χ2v) is 5.45. The van der Waals surface area contributed by atoms with E-state index in [1.807, 2.05) is 11.0 Å². The van der Waals surface area contributed by atoms with Gasteiger partial charge in [-0.25, -0.2) is 15.0 Å². The average molecular weight is 312 g/mol. The van der Waals surface area contributed by atoms with Crippen LogP contribution in [-0.4, -0.2) is 38.4 Å². The van der Waals surface area contributed by atoms with Gasteiger partial charge in [-0.1, -0.05) is 0 Å². The Morgan fingerprint density at radius 3 is 3.26 bits per heavy atom. The molecule has 1 atom stereocenters. The summed E-state index contributed by atoms with van der Waals surface area (Å²) in [5.74, 6) is 1.44. The number of anilines is 1. The Balaban J connectivity index is 1.54. The maximum absolute atomic E-state index is 12.5. The predicted molar refractivity (Wildman–Crippen MR) is 82.6 cm³/mol. The fourth-order valence-electron chi connectivity index (χ4n) is 2.97. The summed E-state index contributed by atoms with van der Waals surface area (Å²) in [6.07, 6.45) is 6.40. The molecule has 118 valence electrons. The monoisotopic (exact) mass is 312 g/mol. The summed E-state index contributed by atoms with van der Waals surface area (Å²) < 4.78 is 5.24. The molecular formula is C15H16N6O2. The SMILES string of the molecule is O=C(NCc1ccco1)[C@H]1CCCN1c1ncnc2nc[nH]c12. The van der Waals surface area contributed by atoms with Crippen molar-refractivity contribution >= 4 is 22.9 Å². The first kappa shape index (κ1) is 13.7. The molecule has 1 aliphatic rings. The van der Waals surface area contributed by atoms with Gasteiger partial charge in [-0.05, 0) is 25.0 Å². The third-order valence-corrected chi connectivity index (χ3v) is 4.05. The molecule has 4 rings (SSSR count). The van der Waals surface area contributed by atoms with Crippen molar-refractivity contribution in [3.8, 4) is 0 Å². The lowest BCUT2D eigenvalue weighted by atomic mass is 10.2. The smallest absolute Gasteiger partial charge is 0.243 e. The normalized spacial score (nSPS) is 17.7. The summed E-state index contributed by atoms with van der Waals surface area (Å²) in [5, 5.41) is 2.93. The summed E-state index contributed by atoms with van der Waals surface area (Å²) in [4.78, 5) is 30.2. The van der Waals surface area contributed by atoms with Crippen molar-refractivity contribution in [2.24, 2.45) is 0 Å². The maximum Gasteiger partial charge on any atom is 0.243 e. The second kappa shape index (κ2) is 5.71. The molecular weight excluding hydrogens is 296 g/mol. The van der Waals surface area contributed by atoms with Crippen LogP contribution < -0.4 is 10.2 Å². The highest BCUT2D eigenvalue weighted by Crippen LogP contribution is 2.28. The number of hydrogen-bond donors (Lipinski definition) is 2. The van der Waals surface area contributed by atoms with Crippen molar-refractivity contribution < 1.29 is 9.21 Å². The van der Waals surface area contributed by atoms with Crippen molar-refractivity contribution in [1.29, 1.82) is 0 Å². The van der Waals surface area contributed by atoms with Gasteiger partial charge in [0.1, 0.15) is 23.6 Å². The van der Waals surface area contributed by atoms with Crippen LogP contribution in [0.5, 0.6) is 0 Å². The molecule has 8 nitrogen and oxygen atoms in total. The Kier molecular flexibility index (Phi) is 3.41. The van der Waals surface area contributed by atoms with Crippen LogP contribution in [0.4, 0.5) is 5.82 Å². The van der Waals surface area contributed by atoms with Gasteiger partial charge >= 0.3 is 0 Å². The lowest BCUT2D eigenvalue weighted by molar-refractivity contribution is -0.122. The first-order valence-electron chi connectivity index (χ1n) is 7.54. The van der Waals surface area contributed by atoms with Gasteiger partial charge in [0, 0.05) is 6.54 Å². The van der Waals surface area contributed by atoms with E-state index in [4.69, 9.17) is 4.42 Å². The summed E-state index contributed by atoms with van der Waals surface area (Å²) in [5.41, 5.74) is 1.37. The molecule has 23 heavy (non-hydrogen) atoms. The molecule has 2 N–H and O–H groups in total. The number of amides is 1. The zero-order valence-corrected chi connectivity index (χ0v) is 12.4. The van der Waals surface area contributed by atoms with Gasteiger partial charge in [0.25, 0.3) is 0 Å². The zero-order chi connectivity index (χ0) is 15.6. The van der Waals surface area contributed by atoms with Crippen molar-refractivity contribution in [2.45, 2.75) is 25.4 Å². The molecule has 0 aromatic carbocycles. The van der Waals surface area contributed by atoms with Gasteiger partial charge in [0.2, 0.25) is 5.91 Å². The van der Waals surface area contributed by atoms with Crippen molar-refractivity contribution in [1.82, 2.24) is 25.3 Å². The van der Waals surface area contributed by atoms with E-state index in [1.54, 1.807) is 18.7 Å². The number of carbonyl (C=O) groups excluding carboxylic acids is 1. The number of hydrogen-bond acceptors (Lipinski definition) is 6. The first-order valence-corrected chi connectivity index (χ1v) is 7.54. The van der Waals surface area contributed by atoms with E-state index in [9.17, 15) is 4.79 Å². The van der Waals surface area contributed by atoms with Crippen LogP contribution >= 0.6 is 0 Å². The number of nitrogens with one attached hydrogen (secondary N) is 2. The van der Waals surface area contributed by atoms with E-state index in [-0.39, 0.29) is 11.9 Å². The van der Waals surface area contributed by atoms with E-state index < -0.39 is 0 Å². The molecule has 3 aromatic heterocycles.